The Balaban J connectivity index is 1.86. The Morgan fingerprint density at radius 3 is 2.86 bits per heavy atom. The van der Waals surface area contributed by atoms with E-state index in [9.17, 15) is 9.18 Å². The molecule has 2 aromatic heterocycles. The number of benzene rings is 1. The summed E-state index contributed by atoms with van der Waals surface area (Å²) in [4.78, 5) is 17.2. The summed E-state index contributed by atoms with van der Waals surface area (Å²) in [6, 6.07) is 6.47. The van der Waals surface area contributed by atoms with Gasteiger partial charge in [0.15, 0.2) is 0 Å². The number of hydrogen-bond acceptors (Lipinski definition) is 4. The van der Waals surface area contributed by atoms with E-state index in [1.165, 1.54) is 23.5 Å². The largest absolute Gasteiger partial charge is 0.319 e. The van der Waals surface area contributed by atoms with E-state index in [-0.39, 0.29) is 11.6 Å². The van der Waals surface area contributed by atoms with Crippen LogP contribution in [0.5, 0.6) is 0 Å². The molecule has 0 fully saturated rings. The van der Waals surface area contributed by atoms with Crippen molar-refractivity contribution >= 4 is 50.2 Å². The first-order valence-electron chi connectivity index (χ1n) is 6.31. The molecule has 3 aromatic rings. The van der Waals surface area contributed by atoms with Gasteiger partial charge in [-0.2, -0.15) is 11.3 Å². The number of halogens is 2. The zero-order chi connectivity index (χ0) is 15.7. The summed E-state index contributed by atoms with van der Waals surface area (Å²) < 4.78 is 14.4. The monoisotopic (exact) mass is 396 g/mol. The molecule has 0 aliphatic carbocycles. The number of hydrogen-bond donors (Lipinski definition) is 1. The maximum atomic E-state index is 13.8. The average molecular weight is 397 g/mol. The fourth-order valence-corrected chi connectivity index (χ4v) is 3.89. The van der Waals surface area contributed by atoms with Gasteiger partial charge in [0.25, 0.3) is 5.91 Å². The molecule has 1 amide bonds. The van der Waals surface area contributed by atoms with Gasteiger partial charge in [0, 0.05) is 15.4 Å². The first kappa shape index (κ1) is 15.3. The zero-order valence-corrected chi connectivity index (χ0v) is 14.6. The van der Waals surface area contributed by atoms with E-state index < -0.39 is 5.82 Å². The van der Waals surface area contributed by atoms with E-state index in [2.05, 4.69) is 26.2 Å². The van der Waals surface area contributed by atoms with Crippen LogP contribution in [-0.2, 0) is 0 Å². The molecule has 22 heavy (non-hydrogen) atoms. The third-order valence-electron chi connectivity index (χ3n) is 2.95. The van der Waals surface area contributed by atoms with E-state index in [4.69, 9.17) is 0 Å². The normalized spacial score (nSPS) is 10.7. The van der Waals surface area contributed by atoms with Gasteiger partial charge >= 0.3 is 0 Å². The van der Waals surface area contributed by atoms with E-state index in [0.29, 0.717) is 15.0 Å². The number of thiazole rings is 1. The van der Waals surface area contributed by atoms with Gasteiger partial charge in [0.2, 0.25) is 0 Å². The number of carbonyl (C=O) groups excluding carboxylic acids is 1. The molecule has 0 radical (unpaired) electrons. The van der Waals surface area contributed by atoms with Crippen LogP contribution in [-0.4, -0.2) is 10.9 Å². The number of rotatable bonds is 3. The number of nitrogens with zero attached hydrogens (tertiary/aromatic N) is 1. The molecular weight excluding hydrogens is 387 g/mol. The Morgan fingerprint density at radius 2 is 2.18 bits per heavy atom. The van der Waals surface area contributed by atoms with E-state index in [0.717, 1.165) is 10.6 Å². The van der Waals surface area contributed by atoms with Crippen LogP contribution in [0.2, 0.25) is 0 Å². The molecule has 0 saturated heterocycles. The topological polar surface area (TPSA) is 42.0 Å². The predicted octanol–water partition coefficient (Wildman–Crippen LogP) is 5.33. The van der Waals surface area contributed by atoms with E-state index >= 15 is 0 Å². The minimum Gasteiger partial charge on any atom is -0.319 e. The van der Waals surface area contributed by atoms with Gasteiger partial charge in [-0.15, -0.1) is 11.3 Å². The Morgan fingerprint density at radius 1 is 1.36 bits per heavy atom. The number of carbonyl (C=O) groups is 1. The number of aryl methyl sites for hydroxylation is 1. The van der Waals surface area contributed by atoms with Gasteiger partial charge in [-0.05, 0) is 36.6 Å². The molecule has 0 saturated carbocycles. The van der Waals surface area contributed by atoms with Crippen LogP contribution in [0.15, 0.2) is 39.5 Å². The zero-order valence-electron chi connectivity index (χ0n) is 11.4. The molecule has 3 nitrogen and oxygen atoms in total. The Hall–Kier alpha value is -1.57. The molecule has 2 heterocycles. The molecule has 3 rings (SSSR count). The summed E-state index contributed by atoms with van der Waals surface area (Å²) in [7, 11) is 0. The van der Waals surface area contributed by atoms with Crippen molar-refractivity contribution in [3.05, 3.63) is 55.9 Å². The number of aromatic nitrogens is 1. The van der Waals surface area contributed by atoms with Crippen molar-refractivity contribution in [1.29, 1.82) is 0 Å². The lowest BCUT2D eigenvalue weighted by Gasteiger charge is -2.05. The predicted molar refractivity (Wildman–Crippen MR) is 92.2 cm³/mol. The van der Waals surface area contributed by atoms with Crippen LogP contribution in [0.3, 0.4) is 0 Å². The SMILES string of the molecule is Cc1nc(-c2ccsc2)sc1C(=O)Nc1ccc(Br)cc1F. The summed E-state index contributed by atoms with van der Waals surface area (Å²) in [6.07, 6.45) is 0. The van der Waals surface area contributed by atoms with Crippen molar-refractivity contribution in [2.75, 3.05) is 5.32 Å². The minimum atomic E-state index is -0.483. The van der Waals surface area contributed by atoms with Gasteiger partial charge in [0.1, 0.15) is 15.7 Å². The standard InChI is InChI=1S/C15H10BrFN2OS2/c1-8-13(22-15(18-8)9-4-5-21-7-9)14(20)19-12-3-2-10(16)6-11(12)17/h2-7H,1H3,(H,19,20). The van der Waals surface area contributed by atoms with Crippen LogP contribution in [0.1, 0.15) is 15.4 Å². The summed E-state index contributed by atoms with van der Waals surface area (Å²) in [5, 5.41) is 7.33. The van der Waals surface area contributed by atoms with Crippen molar-refractivity contribution < 1.29 is 9.18 Å². The molecule has 0 bridgehead atoms. The highest BCUT2D eigenvalue weighted by atomic mass is 79.9. The van der Waals surface area contributed by atoms with Crippen LogP contribution in [0.4, 0.5) is 10.1 Å². The van der Waals surface area contributed by atoms with E-state index in [1.807, 2.05) is 16.8 Å². The molecule has 1 aromatic carbocycles. The second-order valence-electron chi connectivity index (χ2n) is 4.52. The fourth-order valence-electron chi connectivity index (χ4n) is 1.89. The number of thiophene rings is 1. The van der Waals surface area contributed by atoms with Gasteiger partial charge in [-0.25, -0.2) is 9.37 Å². The highest BCUT2D eigenvalue weighted by Gasteiger charge is 2.17. The fraction of sp³-hybridized carbons (Fsp3) is 0.0667. The van der Waals surface area contributed by atoms with Gasteiger partial charge in [-0.1, -0.05) is 15.9 Å². The molecule has 0 unspecified atom stereocenters. The van der Waals surface area contributed by atoms with Gasteiger partial charge < -0.3 is 5.32 Å². The van der Waals surface area contributed by atoms with Crippen LogP contribution >= 0.6 is 38.6 Å². The quantitative estimate of drug-likeness (QED) is 0.649. The third kappa shape index (κ3) is 3.11. The molecule has 112 valence electrons. The van der Waals surface area contributed by atoms with Crippen molar-refractivity contribution in [2.45, 2.75) is 6.92 Å². The smallest absolute Gasteiger partial charge is 0.267 e. The average Bonchev–Trinajstić information content (AvgIpc) is 3.10. The first-order chi connectivity index (χ1) is 10.5. The molecule has 0 spiro atoms. The lowest BCUT2D eigenvalue weighted by Crippen LogP contribution is -2.12. The van der Waals surface area contributed by atoms with Gasteiger partial charge in [-0.3, -0.25) is 4.79 Å². The second kappa shape index (κ2) is 6.28. The van der Waals surface area contributed by atoms with Gasteiger partial charge in [0.05, 0.1) is 11.4 Å². The van der Waals surface area contributed by atoms with Crippen LogP contribution in [0, 0.1) is 12.7 Å². The van der Waals surface area contributed by atoms with Crippen molar-refractivity contribution in [2.24, 2.45) is 0 Å². The Kier molecular flexibility index (Phi) is 4.37. The molecule has 7 heteroatoms. The maximum absolute atomic E-state index is 13.8. The molecular formula is C15H10BrFN2OS2. The number of amides is 1. The number of anilines is 1. The Bertz CT molecular complexity index is 830. The molecule has 0 atom stereocenters. The van der Waals surface area contributed by atoms with Crippen molar-refractivity contribution in [3.8, 4) is 10.6 Å². The summed E-state index contributed by atoms with van der Waals surface area (Å²) >= 11 is 6.07. The lowest BCUT2D eigenvalue weighted by atomic mass is 10.3. The second-order valence-corrected chi connectivity index (χ2v) is 7.22. The maximum Gasteiger partial charge on any atom is 0.267 e. The Labute approximate surface area is 143 Å². The molecule has 0 aliphatic heterocycles. The highest BCUT2D eigenvalue weighted by molar-refractivity contribution is 9.10. The third-order valence-corrected chi connectivity index (χ3v) is 5.33. The summed E-state index contributed by atoms with van der Waals surface area (Å²) in [5.41, 5.74) is 1.78. The molecule has 0 aliphatic rings. The minimum absolute atomic E-state index is 0.151. The summed E-state index contributed by atoms with van der Waals surface area (Å²) in [6.45, 7) is 1.78. The highest BCUT2D eigenvalue weighted by Crippen LogP contribution is 2.30. The van der Waals surface area contributed by atoms with Crippen LogP contribution in [0.25, 0.3) is 10.6 Å². The number of nitrogens with one attached hydrogen (secondary N) is 1. The van der Waals surface area contributed by atoms with Crippen molar-refractivity contribution in [1.82, 2.24) is 4.98 Å². The lowest BCUT2D eigenvalue weighted by molar-refractivity contribution is 0.102. The van der Waals surface area contributed by atoms with E-state index in [1.54, 1.807) is 24.3 Å². The molecule has 1 N–H and O–H groups in total. The van der Waals surface area contributed by atoms with Crippen LogP contribution < -0.4 is 5.32 Å². The summed E-state index contributed by atoms with van der Waals surface area (Å²) in [5.74, 6) is -0.833. The first-order valence-corrected chi connectivity index (χ1v) is 8.86. The van der Waals surface area contributed by atoms with Crippen molar-refractivity contribution in [3.63, 3.8) is 0 Å².